The molecule has 0 amide bonds. The number of methoxy groups -OCH3 is 1. The molecule has 0 aliphatic heterocycles. The van der Waals surface area contributed by atoms with Crippen LogP contribution in [0.1, 0.15) is 12.7 Å². The fourth-order valence-corrected chi connectivity index (χ4v) is 1.18. The van der Waals surface area contributed by atoms with Gasteiger partial charge in [0.2, 0.25) is 0 Å². The largest absolute Gasteiger partial charge is 0.441 e. The highest BCUT2D eigenvalue weighted by Crippen LogP contribution is 1.95. The van der Waals surface area contributed by atoms with E-state index in [2.05, 4.69) is 21.5 Å². The second-order valence-corrected chi connectivity index (χ2v) is 3.35. The van der Waals surface area contributed by atoms with E-state index < -0.39 is 5.76 Å². The average Bonchev–Trinajstić information content (AvgIpc) is 2.57. The zero-order valence-electron chi connectivity index (χ0n) is 9.39. The Morgan fingerprint density at radius 1 is 1.60 bits per heavy atom. The summed E-state index contributed by atoms with van der Waals surface area (Å²) >= 11 is 0. The first-order valence-corrected chi connectivity index (χ1v) is 4.92. The molecule has 1 aromatic rings. The molecule has 0 saturated heterocycles. The van der Waals surface area contributed by atoms with E-state index in [1.165, 1.54) is 4.57 Å². The van der Waals surface area contributed by atoms with Crippen LogP contribution in [0.3, 0.4) is 0 Å². The van der Waals surface area contributed by atoms with Crippen molar-refractivity contribution in [2.75, 3.05) is 27.2 Å². The molecule has 1 heterocycles. The van der Waals surface area contributed by atoms with E-state index in [1.54, 1.807) is 7.11 Å². The SMILES string of the molecule is CCN(C)CCn1c(COC)noc1=O. The van der Waals surface area contributed by atoms with Crippen LogP contribution in [0.25, 0.3) is 0 Å². The van der Waals surface area contributed by atoms with Crippen LogP contribution in [0.15, 0.2) is 9.32 Å². The lowest BCUT2D eigenvalue weighted by molar-refractivity contribution is 0.170. The molecule has 0 unspecified atom stereocenters. The summed E-state index contributed by atoms with van der Waals surface area (Å²) in [5.41, 5.74) is 0. The monoisotopic (exact) mass is 215 g/mol. The Balaban J connectivity index is 2.66. The first-order valence-electron chi connectivity index (χ1n) is 4.92. The van der Waals surface area contributed by atoms with Crippen molar-refractivity contribution < 1.29 is 9.26 Å². The molecule has 15 heavy (non-hydrogen) atoms. The third kappa shape index (κ3) is 3.17. The van der Waals surface area contributed by atoms with Gasteiger partial charge in [0, 0.05) is 20.2 Å². The second kappa shape index (κ2) is 5.67. The van der Waals surface area contributed by atoms with Crippen molar-refractivity contribution in [2.24, 2.45) is 0 Å². The fourth-order valence-electron chi connectivity index (χ4n) is 1.18. The Kier molecular flexibility index (Phi) is 4.51. The number of aromatic nitrogens is 2. The number of hydrogen-bond acceptors (Lipinski definition) is 5. The lowest BCUT2D eigenvalue weighted by Crippen LogP contribution is -2.27. The number of hydrogen-bond donors (Lipinski definition) is 0. The molecule has 0 saturated carbocycles. The molecular formula is C9H17N3O3. The molecule has 0 atom stereocenters. The van der Waals surface area contributed by atoms with E-state index in [0.29, 0.717) is 19.0 Å². The second-order valence-electron chi connectivity index (χ2n) is 3.35. The maximum atomic E-state index is 11.3. The van der Waals surface area contributed by atoms with Gasteiger partial charge in [-0.1, -0.05) is 12.1 Å². The molecule has 0 aromatic carbocycles. The van der Waals surface area contributed by atoms with Gasteiger partial charge in [0.05, 0.1) is 0 Å². The van der Waals surface area contributed by atoms with Crippen LogP contribution in [0.4, 0.5) is 0 Å². The standard InChI is InChI=1S/C9H17N3O3/c1-4-11(2)5-6-12-8(7-14-3)10-15-9(12)13/h4-7H2,1-3H3. The topological polar surface area (TPSA) is 60.5 Å². The Hall–Kier alpha value is -1.14. The van der Waals surface area contributed by atoms with Gasteiger partial charge in [-0.2, -0.15) is 0 Å². The van der Waals surface area contributed by atoms with Crippen molar-refractivity contribution in [1.29, 1.82) is 0 Å². The molecule has 6 heteroatoms. The third-order valence-electron chi connectivity index (χ3n) is 2.28. The van der Waals surface area contributed by atoms with Gasteiger partial charge < -0.3 is 9.64 Å². The first-order chi connectivity index (χ1) is 7.19. The van der Waals surface area contributed by atoms with Crippen molar-refractivity contribution in [3.05, 3.63) is 16.4 Å². The van der Waals surface area contributed by atoms with Gasteiger partial charge in [0.15, 0.2) is 5.82 Å². The summed E-state index contributed by atoms with van der Waals surface area (Å²) in [6.07, 6.45) is 0. The van der Waals surface area contributed by atoms with Crippen molar-refractivity contribution in [3.8, 4) is 0 Å². The summed E-state index contributed by atoms with van der Waals surface area (Å²) in [6.45, 7) is 4.66. The number of likely N-dealkylation sites (N-methyl/N-ethyl adjacent to an activating group) is 1. The molecule has 0 fully saturated rings. The summed E-state index contributed by atoms with van der Waals surface area (Å²) in [4.78, 5) is 13.4. The van der Waals surface area contributed by atoms with Gasteiger partial charge in [0.25, 0.3) is 0 Å². The van der Waals surface area contributed by atoms with Crippen LogP contribution in [-0.4, -0.2) is 41.9 Å². The summed E-state index contributed by atoms with van der Waals surface area (Å²) < 4.78 is 11.0. The van der Waals surface area contributed by atoms with E-state index in [4.69, 9.17) is 4.74 Å². The van der Waals surface area contributed by atoms with Crippen molar-refractivity contribution in [3.63, 3.8) is 0 Å². The van der Waals surface area contributed by atoms with Gasteiger partial charge in [-0.3, -0.25) is 9.09 Å². The molecule has 0 aliphatic rings. The molecule has 0 spiro atoms. The molecule has 1 aromatic heterocycles. The van der Waals surface area contributed by atoms with E-state index in [-0.39, 0.29) is 0 Å². The van der Waals surface area contributed by atoms with Crippen LogP contribution in [0, 0.1) is 0 Å². The van der Waals surface area contributed by atoms with Crippen LogP contribution >= 0.6 is 0 Å². The molecule has 0 aliphatic carbocycles. The highest BCUT2D eigenvalue weighted by atomic mass is 16.5. The minimum Gasteiger partial charge on any atom is -0.377 e. The highest BCUT2D eigenvalue weighted by Gasteiger charge is 2.10. The van der Waals surface area contributed by atoms with E-state index in [0.717, 1.165) is 13.1 Å². The van der Waals surface area contributed by atoms with Crippen molar-refractivity contribution >= 4 is 0 Å². The average molecular weight is 215 g/mol. The maximum Gasteiger partial charge on any atom is 0.441 e. The van der Waals surface area contributed by atoms with E-state index >= 15 is 0 Å². The van der Waals surface area contributed by atoms with Gasteiger partial charge in [-0.05, 0) is 13.6 Å². The quantitative estimate of drug-likeness (QED) is 0.665. The van der Waals surface area contributed by atoms with Gasteiger partial charge in [-0.15, -0.1) is 0 Å². The smallest absolute Gasteiger partial charge is 0.377 e. The lowest BCUT2D eigenvalue weighted by atomic mass is 10.5. The van der Waals surface area contributed by atoms with Gasteiger partial charge in [0.1, 0.15) is 6.61 Å². The summed E-state index contributed by atoms with van der Waals surface area (Å²) in [6, 6.07) is 0. The van der Waals surface area contributed by atoms with Gasteiger partial charge in [-0.25, -0.2) is 4.79 Å². The minimum atomic E-state index is -0.424. The Morgan fingerprint density at radius 3 is 2.93 bits per heavy atom. The molecule has 0 bridgehead atoms. The molecule has 0 radical (unpaired) electrons. The summed E-state index contributed by atoms with van der Waals surface area (Å²) in [5, 5.41) is 3.64. The van der Waals surface area contributed by atoms with E-state index in [1.807, 2.05) is 7.05 Å². The number of nitrogens with zero attached hydrogens (tertiary/aromatic N) is 3. The summed E-state index contributed by atoms with van der Waals surface area (Å²) in [5.74, 6) is 0.110. The molecular weight excluding hydrogens is 198 g/mol. The minimum absolute atomic E-state index is 0.293. The summed E-state index contributed by atoms with van der Waals surface area (Å²) in [7, 11) is 3.55. The zero-order chi connectivity index (χ0) is 11.3. The lowest BCUT2D eigenvalue weighted by Gasteiger charge is -2.13. The van der Waals surface area contributed by atoms with Crippen LogP contribution < -0.4 is 5.76 Å². The molecule has 1 rings (SSSR count). The predicted octanol–water partition coefficient (Wildman–Crippen LogP) is -0.0656. The Labute approximate surface area is 88.4 Å². The van der Waals surface area contributed by atoms with Crippen molar-refractivity contribution in [1.82, 2.24) is 14.6 Å². The predicted molar refractivity (Wildman–Crippen MR) is 54.6 cm³/mol. The first kappa shape index (κ1) is 11.9. The number of rotatable bonds is 6. The molecule has 6 nitrogen and oxygen atoms in total. The van der Waals surface area contributed by atoms with Crippen molar-refractivity contribution in [2.45, 2.75) is 20.1 Å². The zero-order valence-corrected chi connectivity index (χ0v) is 9.39. The van der Waals surface area contributed by atoms with Crippen LogP contribution in [-0.2, 0) is 17.9 Å². The molecule has 86 valence electrons. The molecule has 0 N–H and O–H groups in total. The van der Waals surface area contributed by atoms with Crippen LogP contribution in [0.5, 0.6) is 0 Å². The maximum absolute atomic E-state index is 11.3. The highest BCUT2D eigenvalue weighted by molar-refractivity contribution is 4.81. The van der Waals surface area contributed by atoms with Gasteiger partial charge >= 0.3 is 5.76 Å². The normalized spacial score (nSPS) is 11.2. The number of ether oxygens (including phenoxy) is 1. The van der Waals surface area contributed by atoms with E-state index in [9.17, 15) is 4.79 Å². The Bertz CT molecular complexity index is 345. The third-order valence-corrected chi connectivity index (χ3v) is 2.28. The fraction of sp³-hybridized carbons (Fsp3) is 0.778. The van der Waals surface area contributed by atoms with Crippen LogP contribution in [0.2, 0.25) is 0 Å². The Morgan fingerprint density at radius 2 is 2.33 bits per heavy atom.